The molecular formula is C17H15F2N5O2S. The quantitative estimate of drug-likeness (QED) is 0.651. The number of nitrogens with zero attached hydrogens (tertiary/aromatic N) is 4. The van der Waals surface area contributed by atoms with E-state index in [2.05, 4.69) is 20.8 Å². The molecule has 0 aliphatic heterocycles. The normalized spacial score (nSPS) is 11.9. The second kappa shape index (κ2) is 8.12. The molecule has 0 radical (unpaired) electrons. The predicted molar refractivity (Wildman–Crippen MR) is 96.0 cm³/mol. The highest BCUT2D eigenvalue weighted by molar-refractivity contribution is 8.00. The number of nitrogens with one attached hydrogen (secondary N) is 1. The highest BCUT2D eigenvalue weighted by Crippen LogP contribution is 2.28. The Morgan fingerprint density at radius 2 is 1.89 bits per heavy atom. The predicted octanol–water partition coefficient (Wildman–Crippen LogP) is 3.07. The Morgan fingerprint density at radius 1 is 1.19 bits per heavy atom. The van der Waals surface area contributed by atoms with Gasteiger partial charge in [-0.1, -0.05) is 30.0 Å². The fourth-order valence-electron chi connectivity index (χ4n) is 2.26. The molecule has 0 bridgehead atoms. The highest BCUT2D eigenvalue weighted by Gasteiger charge is 2.22. The largest absolute Gasteiger partial charge is 0.494 e. The second-order valence-corrected chi connectivity index (χ2v) is 6.70. The minimum absolute atomic E-state index is 0.330. The van der Waals surface area contributed by atoms with Crippen molar-refractivity contribution in [2.75, 3.05) is 12.4 Å². The monoisotopic (exact) mass is 391 g/mol. The minimum atomic E-state index is -0.848. The Morgan fingerprint density at radius 3 is 2.59 bits per heavy atom. The van der Waals surface area contributed by atoms with E-state index in [4.69, 9.17) is 4.74 Å². The van der Waals surface area contributed by atoms with Crippen molar-refractivity contribution in [1.82, 2.24) is 20.2 Å². The summed E-state index contributed by atoms with van der Waals surface area (Å²) >= 11 is 1.04. The van der Waals surface area contributed by atoms with E-state index in [0.29, 0.717) is 16.6 Å². The Bertz CT molecular complexity index is 946. The molecule has 2 aromatic carbocycles. The molecule has 0 saturated heterocycles. The maximum Gasteiger partial charge on any atom is 0.237 e. The molecular weight excluding hydrogens is 376 g/mol. The average Bonchev–Trinajstić information content (AvgIpc) is 3.12. The number of aromatic nitrogens is 4. The van der Waals surface area contributed by atoms with Crippen LogP contribution in [-0.4, -0.2) is 38.5 Å². The first kappa shape index (κ1) is 18.8. The average molecular weight is 391 g/mol. The molecule has 0 aliphatic carbocycles. The summed E-state index contributed by atoms with van der Waals surface area (Å²) in [5.74, 6) is -1.73. The Hall–Kier alpha value is -3.01. The van der Waals surface area contributed by atoms with Gasteiger partial charge >= 0.3 is 0 Å². The fraction of sp³-hybridized carbons (Fsp3) is 0.176. The number of rotatable bonds is 6. The number of tetrazole rings is 1. The van der Waals surface area contributed by atoms with Gasteiger partial charge in [-0.3, -0.25) is 4.79 Å². The summed E-state index contributed by atoms with van der Waals surface area (Å²) in [6, 6.07) is 10.5. The summed E-state index contributed by atoms with van der Waals surface area (Å²) in [6.07, 6.45) is 0. The first-order chi connectivity index (χ1) is 13.0. The van der Waals surface area contributed by atoms with Crippen LogP contribution in [0.2, 0.25) is 0 Å². The summed E-state index contributed by atoms with van der Waals surface area (Å²) in [5.41, 5.74) is 0.111. The van der Waals surface area contributed by atoms with E-state index >= 15 is 0 Å². The van der Waals surface area contributed by atoms with Crippen LogP contribution in [0.3, 0.4) is 0 Å². The number of methoxy groups -OCH3 is 1. The van der Waals surface area contributed by atoms with Crippen LogP contribution < -0.4 is 10.1 Å². The third-order valence-electron chi connectivity index (χ3n) is 3.62. The van der Waals surface area contributed by atoms with Gasteiger partial charge in [-0.2, -0.15) is 4.68 Å². The molecule has 3 aromatic rings. The lowest BCUT2D eigenvalue weighted by Gasteiger charge is -2.13. The van der Waals surface area contributed by atoms with Gasteiger partial charge in [-0.15, -0.1) is 5.10 Å². The van der Waals surface area contributed by atoms with Crippen LogP contribution in [0, 0.1) is 11.6 Å². The van der Waals surface area contributed by atoms with E-state index in [1.807, 2.05) is 0 Å². The van der Waals surface area contributed by atoms with Crippen molar-refractivity contribution < 1.29 is 18.3 Å². The lowest BCUT2D eigenvalue weighted by atomic mass is 10.3. The topological polar surface area (TPSA) is 81.9 Å². The molecule has 10 heteroatoms. The van der Waals surface area contributed by atoms with Gasteiger partial charge in [0, 0.05) is 0 Å². The van der Waals surface area contributed by atoms with Crippen molar-refractivity contribution in [3.8, 4) is 11.4 Å². The number of hydrogen-bond donors (Lipinski definition) is 1. The molecule has 1 N–H and O–H groups in total. The zero-order chi connectivity index (χ0) is 19.4. The van der Waals surface area contributed by atoms with Gasteiger partial charge in [0.25, 0.3) is 0 Å². The molecule has 0 saturated carbocycles. The van der Waals surface area contributed by atoms with E-state index in [1.54, 1.807) is 31.2 Å². The van der Waals surface area contributed by atoms with Crippen molar-refractivity contribution in [2.45, 2.75) is 17.3 Å². The molecule has 0 spiro atoms. The zero-order valence-electron chi connectivity index (χ0n) is 14.4. The lowest BCUT2D eigenvalue weighted by molar-refractivity contribution is -0.115. The van der Waals surface area contributed by atoms with Crippen molar-refractivity contribution in [3.05, 3.63) is 54.1 Å². The van der Waals surface area contributed by atoms with Crippen LogP contribution in [0.25, 0.3) is 5.69 Å². The van der Waals surface area contributed by atoms with Crippen molar-refractivity contribution in [2.24, 2.45) is 0 Å². The van der Waals surface area contributed by atoms with Crippen molar-refractivity contribution in [3.63, 3.8) is 0 Å². The number of anilines is 1. The van der Waals surface area contributed by atoms with Crippen LogP contribution in [-0.2, 0) is 4.79 Å². The summed E-state index contributed by atoms with van der Waals surface area (Å²) in [7, 11) is 1.52. The molecule has 140 valence electrons. The number of amides is 1. The number of thioether (sulfide) groups is 1. The van der Waals surface area contributed by atoms with Crippen LogP contribution in [0.15, 0.2) is 47.6 Å². The van der Waals surface area contributed by atoms with Gasteiger partial charge < -0.3 is 10.1 Å². The van der Waals surface area contributed by atoms with E-state index in [1.165, 1.54) is 17.9 Å². The molecule has 0 fully saturated rings. The minimum Gasteiger partial charge on any atom is -0.494 e. The third-order valence-corrected chi connectivity index (χ3v) is 4.65. The summed E-state index contributed by atoms with van der Waals surface area (Å²) in [6.45, 7) is 1.58. The van der Waals surface area contributed by atoms with E-state index in [9.17, 15) is 13.6 Å². The zero-order valence-corrected chi connectivity index (χ0v) is 15.2. The first-order valence-electron chi connectivity index (χ1n) is 7.84. The number of carbonyl (C=O) groups excluding carboxylic acids is 1. The van der Waals surface area contributed by atoms with Crippen LogP contribution in [0.1, 0.15) is 6.92 Å². The van der Waals surface area contributed by atoms with Gasteiger partial charge in [0.2, 0.25) is 11.1 Å². The molecule has 1 amide bonds. The summed E-state index contributed by atoms with van der Waals surface area (Å²) < 4.78 is 34.1. The van der Waals surface area contributed by atoms with E-state index < -0.39 is 28.5 Å². The fourth-order valence-corrected chi connectivity index (χ4v) is 3.06. The number of benzene rings is 2. The van der Waals surface area contributed by atoms with Crippen LogP contribution in [0.4, 0.5) is 14.5 Å². The van der Waals surface area contributed by atoms with Crippen molar-refractivity contribution in [1.29, 1.82) is 0 Å². The Kier molecular flexibility index (Phi) is 5.65. The summed E-state index contributed by atoms with van der Waals surface area (Å²) in [4.78, 5) is 12.3. The summed E-state index contributed by atoms with van der Waals surface area (Å²) in [5, 5.41) is 13.3. The van der Waals surface area contributed by atoms with Gasteiger partial charge in [0.05, 0.1) is 12.4 Å². The maximum atomic E-state index is 13.7. The van der Waals surface area contributed by atoms with Gasteiger partial charge in [-0.05, 0) is 41.6 Å². The number of carbonyl (C=O) groups is 1. The van der Waals surface area contributed by atoms with E-state index in [-0.39, 0.29) is 0 Å². The molecule has 0 aliphatic rings. The number of para-hydroxylation sites is 3. The molecule has 3 rings (SSSR count). The van der Waals surface area contributed by atoms with E-state index in [0.717, 1.165) is 23.9 Å². The molecule has 1 unspecified atom stereocenters. The molecule has 1 atom stereocenters. The number of halogens is 2. The van der Waals surface area contributed by atoms with Gasteiger partial charge in [0.15, 0.2) is 0 Å². The Labute approximate surface area is 157 Å². The molecule has 27 heavy (non-hydrogen) atoms. The highest BCUT2D eigenvalue weighted by atomic mass is 32.2. The Balaban J connectivity index is 1.78. The van der Waals surface area contributed by atoms with Gasteiger partial charge in [-0.25, -0.2) is 8.78 Å². The molecule has 1 heterocycles. The van der Waals surface area contributed by atoms with Gasteiger partial charge in [0.1, 0.15) is 28.8 Å². The third kappa shape index (κ3) is 4.05. The van der Waals surface area contributed by atoms with Crippen molar-refractivity contribution >= 4 is 23.4 Å². The van der Waals surface area contributed by atoms with Crippen LogP contribution in [0.5, 0.6) is 5.75 Å². The first-order valence-corrected chi connectivity index (χ1v) is 8.72. The maximum absolute atomic E-state index is 13.7. The lowest BCUT2D eigenvalue weighted by Crippen LogP contribution is -2.24. The molecule has 7 nitrogen and oxygen atoms in total. The number of ether oxygens (including phenoxy) is 1. The van der Waals surface area contributed by atoms with Crippen LogP contribution >= 0.6 is 11.8 Å². The standard InChI is InChI=1S/C17H15F2N5O2S/c1-10(16(25)20-15-11(18)6-5-7-12(15)19)27-17-21-22-23-24(17)13-8-3-4-9-14(13)26-2/h3-10H,1-2H3,(H,20,25). The second-order valence-electron chi connectivity index (χ2n) is 5.39. The molecule has 1 aromatic heterocycles. The SMILES string of the molecule is COc1ccccc1-n1nnnc1SC(C)C(=O)Nc1c(F)cccc1F. The number of hydrogen-bond acceptors (Lipinski definition) is 6. The smallest absolute Gasteiger partial charge is 0.237 e.